The fourth-order valence-corrected chi connectivity index (χ4v) is 2.92. The van der Waals surface area contributed by atoms with E-state index in [0.29, 0.717) is 0 Å². The highest BCUT2D eigenvalue weighted by Gasteiger charge is 2.34. The van der Waals surface area contributed by atoms with Crippen LogP contribution in [-0.2, 0) is 0 Å². The average Bonchev–Trinajstić information content (AvgIpc) is 2.62. The molecule has 1 aliphatic heterocycles. The standard InChI is InChI=1S/C15H25N3/c1-17-11-6-9-15(13-16,10-12-17)18(2)14-7-4-3-5-8-14/h3-5,7-8H,6,9-13,16H2,1-2H3. The van der Waals surface area contributed by atoms with Gasteiger partial charge in [0.25, 0.3) is 0 Å². The Hall–Kier alpha value is -1.06. The first-order valence-electron chi connectivity index (χ1n) is 6.85. The van der Waals surface area contributed by atoms with Gasteiger partial charge in [-0.3, -0.25) is 0 Å². The normalized spacial score (nSPS) is 25.7. The summed E-state index contributed by atoms with van der Waals surface area (Å²) in [5, 5.41) is 0. The first kappa shape index (κ1) is 13.4. The van der Waals surface area contributed by atoms with Crippen molar-refractivity contribution in [3.05, 3.63) is 30.3 Å². The van der Waals surface area contributed by atoms with Crippen LogP contribution in [0.15, 0.2) is 30.3 Å². The van der Waals surface area contributed by atoms with Crippen molar-refractivity contribution in [1.82, 2.24) is 4.90 Å². The van der Waals surface area contributed by atoms with Crippen LogP contribution in [0.1, 0.15) is 19.3 Å². The fourth-order valence-electron chi connectivity index (χ4n) is 2.92. The van der Waals surface area contributed by atoms with Gasteiger partial charge in [0.05, 0.1) is 5.54 Å². The molecule has 1 aromatic rings. The molecule has 0 radical (unpaired) electrons. The van der Waals surface area contributed by atoms with Gasteiger partial charge in [-0.05, 0) is 45.0 Å². The summed E-state index contributed by atoms with van der Waals surface area (Å²) in [5.74, 6) is 0. The van der Waals surface area contributed by atoms with Gasteiger partial charge < -0.3 is 15.5 Å². The van der Waals surface area contributed by atoms with Crippen LogP contribution in [-0.4, -0.2) is 44.2 Å². The quantitative estimate of drug-likeness (QED) is 0.886. The predicted molar refractivity (Wildman–Crippen MR) is 78.0 cm³/mol. The summed E-state index contributed by atoms with van der Waals surface area (Å²) >= 11 is 0. The second kappa shape index (κ2) is 5.72. The fraction of sp³-hybridized carbons (Fsp3) is 0.600. The molecule has 1 aromatic carbocycles. The lowest BCUT2D eigenvalue weighted by Gasteiger charge is -2.42. The topological polar surface area (TPSA) is 32.5 Å². The predicted octanol–water partition coefficient (Wildman–Crippen LogP) is 1.94. The van der Waals surface area contributed by atoms with Gasteiger partial charge in [0.15, 0.2) is 0 Å². The van der Waals surface area contributed by atoms with Crippen LogP contribution in [0.2, 0.25) is 0 Å². The van der Waals surface area contributed by atoms with E-state index >= 15 is 0 Å². The number of likely N-dealkylation sites (tertiary alicyclic amines) is 1. The Morgan fingerprint density at radius 1 is 1.22 bits per heavy atom. The second-order valence-corrected chi connectivity index (χ2v) is 5.48. The second-order valence-electron chi connectivity index (χ2n) is 5.48. The molecular weight excluding hydrogens is 222 g/mol. The van der Waals surface area contributed by atoms with E-state index in [1.807, 2.05) is 0 Å². The summed E-state index contributed by atoms with van der Waals surface area (Å²) in [4.78, 5) is 4.81. The average molecular weight is 247 g/mol. The van der Waals surface area contributed by atoms with E-state index in [9.17, 15) is 0 Å². The van der Waals surface area contributed by atoms with E-state index in [0.717, 1.165) is 19.5 Å². The number of hydrogen-bond donors (Lipinski definition) is 1. The molecule has 100 valence electrons. The number of likely N-dealkylation sites (N-methyl/N-ethyl adjacent to an activating group) is 1. The first-order chi connectivity index (χ1) is 8.68. The van der Waals surface area contributed by atoms with Crippen LogP contribution in [0.25, 0.3) is 0 Å². The van der Waals surface area contributed by atoms with Crippen molar-refractivity contribution >= 4 is 5.69 Å². The molecule has 1 heterocycles. The maximum atomic E-state index is 6.13. The monoisotopic (exact) mass is 247 g/mol. The highest BCUT2D eigenvalue weighted by molar-refractivity contribution is 5.48. The number of rotatable bonds is 3. The summed E-state index contributed by atoms with van der Waals surface area (Å²) in [6.07, 6.45) is 3.55. The minimum Gasteiger partial charge on any atom is -0.368 e. The number of anilines is 1. The SMILES string of the molecule is CN1CCCC(CN)(N(C)c2ccccc2)CC1. The lowest BCUT2D eigenvalue weighted by Crippen LogP contribution is -2.53. The van der Waals surface area contributed by atoms with Gasteiger partial charge >= 0.3 is 0 Å². The molecular formula is C15H25N3. The van der Waals surface area contributed by atoms with Crippen molar-refractivity contribution in [3.8, 4) is 0 Å². The minimum atomic E-state index is 0.117. The molecule has 0 spiro atoms. The molecule has 1 aliphatic rings. The summed E-state index contributed by atoms with van der Waals surface area (Å²) in [5.41, 5.74) is 7.52. The molecule has 0 amide bonds. The zero-order chi connectivity index (χ0) is 13.0. The lowest BCUT2D eigenvalue weighted by molar-refractivity contribution is 0.324. The molecule has 0 aromatic heterocycles. The maximum Gasteiger partial charge on any atom is 0.0533 e. The van der Waals surface area contributed by atoms with E-state index in [1.54, 1.807) is 0 Å². The van der Waals surface area contributed by atoms with E-state index in [2.05, 4.69) is 54.2 Å². The van der Waals surface area contributed by atoms with E-state index in [1.165, 1.54) is 25.1 Å². The van der Waals surface area contributed by atoms with Gasteiger partial charge in [-0.2, -0.15) is 0 Å². The Kier molecular flexibility index (Phi) is 4.25. The van der Waals surface area contributed by atoms with Gasteiger partial charge in [-0.1, -0.05) is 18.2 Å². The largest absolute Gasteiger partial charge is 0.368 e. The minimum absolute atomic E-state index is 0.117. The number of benzene rings is 1. The van der Waals surface area contributed by atoms with Crippen molar-refractivity contribution in [1.29, 1.82) is 0 Å². The molecule has 2 N–H and O–H groups in total. The van der Waals surface area contributed by atoms with Crippen molar-refractivity contribution in [2.75, 3.05) is 38.6 Å². The van der Waals surface area contributed by atoms with Gasteiger partial charge in [0.2, 0.25) is 0 Å². The molecule has 1 saturated heterocycles. The number of para-hydroxylation sites is 1. The summed E-state index contributed by atoms with van der Waals surface area (Å²) < 4.78 is 0. The molecule has 1 atom stereocenters. The zero-order valence-electron chi connectivity index (χ0n) is 11.6. The summed E-state index contributed by atoms with van der Waals surface area (Å²) in [7, 11) is 4.39. The molecule has 18 heavy (non-hydrogen) atoms. The van der Waals surface area contributed by atoms with Gasteiger partial charge in [-0.15, -0.1) is 0 Å². The molecule has 0 saturated carbocycles. The van der Waals surface area contributed by atoms with Crippen molar-refractivity contribution in [2.24, 2.45) is 5.73 Å². The summed E-state index contributed by atoms with van der Waals surface area (Å²) in [6, 6.07) is 10.6. The molecule has 1 fully saturated rings. The summed E-state index contributed by atoms with van der Waals surface area (Å²) in [6.45, 7) is 3.05. The first-order valence-corrected chi connectivity index (χ1v) is 6.85. The Morgan fingerprint density at radius 2 is 1.94 bits per heavy atom. The Bertz CT molecular complexity index is 365. The number of hydrogen-bond acceptors (Lipinski definition) is 3. The molecule has 3 nitrogen and oxygen atoms in total. The third-order valence-corrected chi connectivity index (χ3v) is 4.38. The Balaban J connectivity index is 2.21. The molecule has 3 heteroatoms. The van der Waals surface area contributed by atoms with E-state index in [4.69, 9.17) is 5.73 Å². The molecule has 0 aliphatic carbocycles. The number of nitrogens with two attached hydrogens (primary N) is 1. The maximum absolute atomic E-state index is 6.13. The molecule has 0 bridgehead atoms. The van der Waals surface area contributed by atoms with E-state index in [-0.39, 0.29) is 5.54 Å². The lowest BCUT2D eigenvalue weighted by atomic mass is 9.88. The Morgan fingerprint density at radius 3 is 2.61 bits per heavy atom. The smallest absolute Gasteiger partial charge is 0.0533 e. The van der Waals surface area contributed by atoms with Crippen LogP contribution in [0, 0.1) is 0 Å². The third kappa shape index (κ3) is 2.68. The third-order valence-electron chi connectivity index (χ3n) is 4.38. The van der Waals surface area contributed by atoms with Crippen LogP contribution in [0.5, 0.6) is 0 Å². The van der Waals surface area contributed by atoms with E-state index < -0.39 is 0 Å². The van der Waals surface area contributed by atoms with Crippen molar-refractivity contribution in [2.45, 2.75) is 24.8 Å². The van der Waals surface area contributed by atoms with Gasteiger partial charge in [-0.25, -0.2) is 0 Å². The molecule has 2 rings (SSSR count). The highest BCUT2D eigenvalue weighted by atomic mass is 15.2. The molecule has 1 unspecified atom stereocenters. The van der Waals surface area contributed by atoms with Crippen LogP contribution < -0.4 is 10.6 Å². The highest BCUT2D eigenvalue weighted by Crippen LogP contribution is 2.30. The number of nitrogens with zero attached hydrogens (tertiary/aromatic N) is 2. The van der Waals surface area contributed by atoms with Crippen LogP contribution in [0.4, 0.5) is 5.69 Å². The van der Waals surface area contributed by atoms with Crippen LogP contribution >= 0.6 is 0 Å². The van der Waals surface area contributed by atoms with Gasteiger partial charge in [0, 0.05) is 25.8 Å². The Labute approximate surface area is 111 Å². The van der Waals surface area contributed by atoms with Gasteiger partial charge in [0.1, 0.15) is 0 Å². The van der Waals surface area contributed by atoms with Crippen molar-refractivity contribution < 1.29 is 0 Å². The van der Waals surface area contributed by atoms with Crippen LogP contribution in [0.3, 0.4) is 0 Å². The zero-order valence-corrected chi connectivity index (χ0v) is 11.6. The van der Waals surface area contributed by atoms with Crippen molar-refractivity contribution in [3.63, 3.8) is 0 Å².